The minimum atomic E-state index is -0.412. The predicted molar refractivity (Wildman–Crippen MR) is 117 cm³/mol. The van der Waals surface area contributed by atoms with Gasteiger partial charge < -0.3 is 11.1 Å². The molecule has 0 saturated carbocycles. The van der Waals surface area contributed by atoms with Crippen molar-refractivity contribution in [2.45, 2.75) is 13.0 Å². The van der Waals surface area contributed by atoms with Crippen LogP contribution >= 0.6 is 11.6 Å². The lowest BCUT2D eigenvalue weighted by atomic mass is 10.00. The lowest BCUT2D eigenvalue weighted by molar-refractivity contribution is 0.0942. The fourth-order valence-electron chi connectivity index (χ4n) is 3.67. The molecule has 10 heteroatoms. The molecule has 154 valence electrons. The molecule has 5 aromatic rings. The smallest absolute Gasteiger partial charge is 0.259 e. The maximum Gasteiger partial charge on any atom is 0.259 e. The Morgan fingerprint density at radius 1 is 1.19 bits per heavy atom. The molecule has 4 aromatic heterocycles. The highest BCUT2D eigenvalue weighted by atomic mass is 35.5. The van der Waals surface area contributed by atoms with Crippen molar-refractivity contribution in [1.29, 1.82) is 0 Å². The van der Waals surface area contributed by atoms with Crippen molar-refractivity contribution in [3.8, 4) is 11.3 Å². The van der Waals surface area contributed by atoms with Gasteiger partial charge in [-0.25, -0.2) is 9.50 Å². The van der Waals surface area contributed by atoms with Gasteiger partial charge in [0.2, 0.25) is 0 Å². The fraction of sp³-hybridized carbons (Fsp3) is 0.0952. The van der Waals surface area contributed by atoms with Crippen molar-refractivity contribution in [2.75, 3.05) is 5.73 Å². The third-order valence-corrected chi connectivity index (χ3v) is 5.35. The molecule has 5 rings (SSSR count). The molecule has 0 saturated heterocycles. The van der Waals surface area contributed by atoms with E-state index < -0.39 is 6.04 Å². The SMILES string of the molecule is CC(NC(=O)c1c(N)nn2cccnc12)c1cc(Cl)c2nncn2c1-c1ccccc1. The third-order valence-electron chi connectivity index (χ3n) is 5.07. The second-order valence-electron chi connectivity index (χ2n) is 7.03. The number of fused-ring (bicyclic) bond motifs is 2. The average Bonchev–Trinajstić information content (AvgIpc) is 3.38. The van der Waals surface area contributed by atoms with Crippen LogP contribution in [-0.2, 0) is 0 Å². The average molecular weight is 433 g/mol. The number of nitrogens with zero attached hydrogens (tertiary/aromatic N) is 6. The quantitative estimate of drug-likeness (QED) is 0.450. The van der Waals surface area contributed by atoms with E-state index in [2.05, 4.69) is 25.6 Å². The highest BCUT2D eigenvalue weighted by Crippen LogP contribution is 2.33. The molecule has 1 unspecified atom stereocenters. The number of hydrogen-bond donors (Lipinski definition) is 2. The highest BCUT2D eigenvalue weighted by molar-refractivity contribution is 6.33. The molecule has 9 nitrogen and oxygen atoms in total. The monoisotopic (exact) mass is 432 g/mol. The summed E-state index contributed by atoms with van der Waals surface area (Å²) in [5.41, 5.74) is 9.74. The first-order valence-electron chi connectivity index (χ1n) is 9.52. The Balaban J connectivity index is 1.59. The van der Waals surface area contributed by atoms with Gasteiger partial charge in [-0.3, -0.25) is 9.20 Å². The van der Waals surface area contributed by atoms with E-state index in [0.29, 0.717) is 16.3 Å². The number of nitrogen functional groups attached to an aromatic ring is 1. The van der Waals surface area contributed by atoms with Gasteiger partial charge in [-0.15, -0.1) is 15.3 Å². The van der Waals surface area contributed by atoms with Gasteiger partial charge in [0.05, 0.1) is 16.8 Å². The van der Waals surface area contributed by atoms with Crippen molar-refractivity contribution in [3.63, 3.8) is 0 Å². The van der Waals surface area contributed by atoms with Gasteiger partial charge in [0.1, 0.15) is 11.9 Å². The van der Waals surface area contributed by atoms with E-state index in [1.807, 2.05) is 41.7 Å². The topological polar surface area (TPSA) is 116 Å². The van der Waals surface area contributed by atoms with Crippen LogP contribution in [0.3, 0.4) is 0 Å². The van der Waals surface area contributed by atoms with Crippen molar-refractivity contribution in [3.05, 3.63) is 77.3 Å². The molecule has 1 amide bonds. The number of benzene rings is 1. The number of carbonyl (C=O) groups is 1. The van der Waals surface area contributed by atoms with E-state index in [4.69, 9.17) is 17.3 Å². The summed E-state index contributed by atoms with van der Waals surface area (Å²) in [5, 5.41) is 15.7. The first-order chi connectivity index (χ1) is 15.0. The minimum absolute atomic E-state index is 0.110. The zero-order valence-corrected chi connectivity index (χ0v) is 17.2. The Labute approximate surface area is 181 Å². The molecule has 0 radical (unpaired) electrons. The van der Waals surface area contributed by atoms with Crippen LogP contribution < -0.4 is 11.1 Å². The van der Waals surface area contributed by atoms with E-state index in [1.54, 1.807) is 30.9 Å². The van der Waals surface area contributed by atoms with E-state index >= 15 is 0 Å². The highest BCUT2D eigenvalue weighted by Gasteiger charge is 2.24. The first kappa shape index (κ1) is 19.0. The Kier molecular flexibility index (Phi) is 4.52. The summed E-state index contributed by atoms with van der Waals surface area (Å²) in [6.07, 6.45) is 4.88. The zero-order chi connectivity index (χ0) is 21.5. The van der Waals surface area contributed by atoms with Crippen LogP contribution in [0.2, 0.25) is 5.02 Å². The van der Waals surface area contributed by atoms with E-state index in [-0.39, 0.29) is 17.3 Å². The number of rotatable bonds is 4. The molecule has 0 aliphatic rings. The van der Waals surface area contributed by atoms with Crippen LogP contribution in [-0.4, -0.2) is 35.1 Å². The first-order valence-corrected chi connectivity index (χ1v) is 9.89. The Hall–Kier alpha value is -3.98. The number of hydrogen-bond acceptors (Lipinski definition) is 6. The number of aromatic nitrogens is 6. The van der Waals surface area contributed by atoms with Gasteiger partial charge in [-0.05, 0) is 24.6 Å². The normalized spacial score (nSPS) is 12.3. The summed E-state index contributed by atoms with van der Waals surface area (Å²) in [5.74, 6) is -0.267. The predicted octanol–water partition coefficient (Wildman–Crippen LogP) is 3.17. The van der Waals surface area contributed by atoms with E-state index in [1.165, 1.54) is 4.52 Å². The molecule has 1 aromatic carbocycles. The number of pyridine rings is 1. The number of nitrogens with two attached hydrogens (primary N) is 1. The van der Waals surface area contributed by atoms with Gasteiger partial charge in [0.15, 0.2) is 17.1 Å². The van der Waals surface area contributed by atoms with E-state index in [9.17, 15) is 4.79 Å². The lowest BCUT2D eigenvalue weighted by Crippen LogP contribution is -2.28. The summed E-state index contributed by atoms with van der Waals surface area (Å²) >= 11 is 6.47. The van der Waals surface area contributed by atoms with Crippen LogP contribution in [0.1, 0.15) is 28.9 Å². The Bertz CT molecular complexity index is 1430. The molecule has 1 atom stereocenters. The summed E-state index contributed by atoms with van der Waals surface area (Å²) < 4.78 is 3.30. The maximum absolute atomic E-state index is 13.1. The van der Waals surface area contributed by atoms with Crippen LogP contribution in [0.4, 0.5) is 5.82 Å². The number of nitrogens with one attached hydrogen (secondary N) is 1. The van der Waals surface area contributed by atoms with Gasteiger partial charge in [-0.1, -0.05) is 41.9 Å². The molecule has 0 spiro atoms. The molecular weight excluding hydrogens is 416 g/mol. The number of amides is 1. The molecular formula is C21H17ClN8O. The largest absolute Gasteiger partial charge is 0.381 e. The molecule has 0 aliphatic heterocycles. The van der Waals surface area contributed by atoms with Crippen molar-refractivity contribution >= 4 is 34.6 Å². The molecule has 0 fully saturated rings. The molecule has 0 aliphatic carbocycles. The van der Waals surface area contributed by atoms with Gasteiger partial charge >= 0.3 is 0 Å². The molecule has 4 heterocycles. The second kappa shape index (κ2) is 7.37. The standard InChI is InChI=1S/C21H17ClN8O/c1-12(26-21(31)16-18(23)28-30-9-5-8-24-20(16)30)14-10-15(22)19-27-25-11-29(19)17(14)13-6-3-2-4-7-13/h2-12H,1H3,(H2,23,28)(H,26,31). The van der Waals surface area contributed by atoms with Crippen LogP contribution in [0.25, 0.3) is 22.6 Å². The van der Waals surface area contributed by atoms with Crippen molar-refractivity contribution in [2.24, 2.45) is 0 Å². The van der Waals surface area contributed by atoms with Crippen molar-refractivity contribution < 1.29 is 4.79 Å². The van der Waals surface area contributed by atoms with Gasteiger partial charge in [0.25, 0.3) is 5.91 Å². The van der Waals surface area contributed by atoms with Gasteiger partial charge in [0, 0.05) is 18.0 Å². The van der Waals surface area contributed by atoms with E-state index in [0.717, 1.165) is 16.8 Å². The Morgan fingerprint density at radius 2 is 2.00 bits per heavy atom. The Morgan fingerprint density at radius 3 is 2.81 bits per heavy atom. The molecule has 31 heavy (non-hydrogen) atoms. The second-order valence-corrected chi connectivity index (χ2v) is 7.44. The van der Waals surface area contributed by atoms with Crippen LogP contribution in [0, 0.1) is 0 Å². The number of anilines is 1. The minimum Gasteiger partial charge on any atom is -0.381 e. The number of halogens is 1. The van der Waals surface area contributed by atoms with Gasteiger partial charge in [-0.2, -0.15) is 0 Å². The lowest BCUT2D eigenvalue weighted by Gasteiger charge is -2.20. The fourth-order valence-corrected chi connectivity index (χ4v) is 3.92. The molecule has 3 N–H and O–H groups in total. The van der Waals surface area contributed by atoms with Crippen LogP contribution in [0.15, 0.2) is 61.2 Å². The van der Waals surface area contributed by atoms with Crippen LogP contribution in [0.5, 0.6) is 0 Å². The molecule has 0 bridgehead atoms. The summed E-state index contributed by atoms with van der Waals surface area (Å²) in [6.45, 7) is 1.88. The number of carbonyl (C=O) groups excluding carboxylic acids is 1. The third kappa shape index (κ3) is 3.15. The van der Waals surface area contributed by atoms with Crippen molar-refractivity contribution in [1.82, 2.24) is 34.5 Å². The summed E-state index contributed by atoms with van der Waals surface area (Å²) in [4.78, 5) is 17.4. The summed E-state index contributed by atoms with van der Waals surface area (Å²) in [7, 11) is 0. The zero-order valence-electron chi connectivity index (χ0n) is 16.4. The maximum atomic E-state index is 13.1. The summed E-state index contributed by atoms with van der Waals surface area (Å²) in [6, 6.07) is 12.9.